The topological polar surface area (TPSA) is 50.9 Å². The predicted molar refractivity (Wildman–Crippen MR) is 73.5 cm³/mol. The van der Waals surface area contributed by atoms with Crippen LogP contribution >= 0.6 is 34.5 Å². The molecule has 1 aromatic carbocycles. The fraction of sp³-hybridized carbons (Fsp3) is 0.182. The number of hydrogen-bond donors (Lipinski definition) is 2. The molecule has 0 fully saturated rings. The third kappa shape index (κ3) is 3.33. The molecule has 0 atom stereocenters. The molecule has 0 radical (unpaired) electrons. The summed E-state index contributed by atoms with van der Waals surface area (Å²) < 4.78 is 0. The van der Waals surface area contributed by atoms with Crippen molar-refractivity contribution in [3.63, 3.8) is 0 Å². The molecule has 90 valence electrons. The first-order valence-electron chi connectivity index (χ1n) is 4.98. The van der Waals surface area contributed by atoms with Crippen LogP contribution in [-0.4, -0.2) is 4.98 Å². The van der Waals surface area contributed by atoms with Crippen LogP contribution in [0, 0.1) is 0 Å². The third-order valence-electron chi connectivity index (χ3n) is 2.25. The molecule has 0 amide bonds. The SMILES string of the molecule is Nc1c(Cl)cc(CNCc2cncs2)cc1Cl. The zero-order chi connectivity index (χ0) is 12.3. The van der Waals surface area contributed by atoms with Gasteiger partial charge in [-0.25, -0.2) is 0 Å². The fourth-order valence-corrected chi connectivity index (χ4v) is 2.49. The highest BCUT2D eigenvalue weighted by Crippen LogP contribution is 2.28. The van der Waals surface area contributed by atoms with Crippen molar-refractivity contribution in [1.29, 1.82) is 0 Å². The Morgan fingerprint density at radius 1 is 1.24 bits per heavy atom. The maximum atomic E-state index is 5.95. The summed E-state index contributed by atoms with van der Waals surface area (Å²) in [6.45, 7) is 1.47. The second kappa shape index (κ2) is 5.69. The molecule has 17 heavy (non-hydrogen) atoms. The van der Waals surface area contributed by atoms with Gasteiger partial charge in [0.1, 0.15) is 0 Å². The Balaban J connectivity index is 1.95. The van der Waals surface area contributed by atoms with Crippen molar-refractivity contribution in [3.8, 4) is 0 Å². The Morgan fingerprint density at radius 3 is 2.53 bits per heavy atom. The van der Waals surface area contributed by atoms with Gasteiger partial charge >= 0.3 is 0 Å². The molecule has 0 aliphatic heterocycles. The van der Waals surface area contributed by atoms with E-state index in [2.05, 4.69) is 10.3 Å². The molecule has 1 aromatic heterocycles. The number of hydrogen-bond acceptors (Lipinski definition) is 4. The highest BCUT2D eigenvalue weighted by Gasteiger charge is 2.04. The lowest BCUT2D eigenvalue weighted by Crippen LogP contribution is -2.11. The standard InChI is InChI=1S/C11H11Cl2N3S/c12-9-1-7(2-10(13)11(9)14)3-15-4-8-5-16-6-17-8/h1-2,5-6,15H,3-4,14H2. The molecule has 0 aliphatic rings. The van der Waals surface area contributed by atoms with Crippen molar-refractivity contribution in [2.24, 2.45) is 0 Å². The molecule has 1 heterocycles. The summed E-state index contributed by atoms with van der Waals surface area (Å²) in [5.74, 6) is 0. The average Bonchev–Trinajstić information content (AvgIpc) is 2.79. The van der Waals surface area contributed by atoms with E-state index in [9.17, 15) is 0 Å². The van der Waals surface area contributed by atoms with Crippen molar-refractivity contribution in [2.45, 2.75) is 13.1 Å². The second-order valence-electron chi connectivity index (χ2n) is 3.54. The number of nitrogen functional groups attached to an aromatic ring is 1. The first kappa shape index (κ1) is 12.6. The Kier molecular flexibility index (Phi) is 4.23. The van der Waals surface area contributed by atoms with E-state index in [4.69, 9.17) is 28.9 Å². The van der Waals surface area contributed by atoms with Crippen LogP contribution in [0.2, 0.25) is 10.0 Å². The van der Waals surface area contributed by atoms with Gasteiger partial charge in [0, 0.05) is 24.2 Å². The number of anilines is 1. The van der Waals surface area contributed by atoms with Crippen LogP contribution in [0.25, 0.3) is 0 Å². The maximum absolute atomic E-state index is 5.95. The van der Waals surface area contributed by atoms with Crippen molar-refractivity contribution >= 4 is 40.2 Å². The van der Waals surface area contributed by atoms with E-state index in [0.29, 0.717) is 22.3 Å². The van der Waals surface area contributed by atoms with Crippen LogP contribution < -0.4 is 11.1 Å². The van der Waals surface area contributed by atoms with Gasteiger partial charge in [0.2, 0.25) is 0 Å². The van der Waals surface area contributed by atoms with E-state index < -0.39 is 0 Å². The minimum absolute atomic E-state index is 0.430. The van der Waals surface area contributed by atoms with Crippen LogP contribution in [0.5, 0.6) is 0 Å². The second-order valence-corrected chi connectivity index (χ2v) is 5.33. The van der Waals surface area contributed by atoms with Crippen molar-refractivity contribution in [1.82, 2.24) is 10.3 Å². The summed E-state index contributed by atoms with van der Waals surface area (Å²) in [7, 11) is 0. The van der Waals surface area contributed by atoms with Gasteiger partial charge in [-0.3, -0.25) is 4.98 Å². The van der Waals surface area contributed by atoms with Gasteiger partial charge in [-0.15, -0.1) is 11.3 Å². The van der Waals surface area contributed by atoms with Crippen LogP contribution in [0.15, 0.2) is 23.8 Å². The number of halogens is 2. The number of rotatable bonds is 4. The molecule has 6 heteroatoms. The largest absolute Gasteiger partial charge is 0.396 e. The van der Waals surface area contributed by atoms with E-state index in [-0.39, 0.29) is 0 Å². The summed E-state index contributed by atoms with van der Waals surface area (Å²) >= 11 is 13.5. The van der Waals surface area contributed by atoms with Gasteiger partial charge in [0.25, 0.3) is 0 Å². The number of nitrogens with one attached hydrogen (secondary N) is 1. The number of nitrogens with two attached hydrogens (primary N) is 1. The molecule has 3 nitrogen and oxygen atoms in total. The van der Waals surface area contributed by atoms with Gasteiger partial charge in [0.15, 0.2) is 0 Å². The Bertz CT molecular complexity index is 476. The number of nitrogens with zero attached hydrogens (tertiary/aromatic N) is 1. The molecule has 2 rings (SSSR count). The van der Waals surface area contributed by atoms with Crippen molar-refractivity contribution < 1.29 is 0 Å². The van der Waals surface area contributed by atoms with Crippen molar-refractivity contribution in [2.75, 3.05) is 5.73 Å². The van der Waals surface area contributed by atoms with Crippen LogP contribution in [0.1, 0.15) is 10.4 Å². The third-order valence-corrected chi connectivity index (χ3v) is 3.66. The Morgan fingerprint density at radius 2 is 1.94 bits per heavy atom. The molecular formula is C11H11Cl2N3S. The Hall–Kier alpha value is -0.810. The summed E-state index contributed by atoms with van der Waals surface area (Å²) in [6.07, 6.45) is 1.85. The van der Waals surface area contributed by atoms with Gasteiger partial charge < -0.3 is 11.1 Å². The average molecular weight is 288 g/mol. The highest BCUT2D eigenvalue weighted by atomic mass is 35.5. The lowest BCUT2D eigenvalue weighted by Gasteiger charge is -2.07. The predicted octanol–water partition coefficient (Wildman–Crippen LogP) is 3.32. The lowest BCUT2D eigenvalue weighted by molar-refractivity contribution is 0.700. The molecule has 0 aliphatic carbocycles. The van der Waals surface area contributed by atoms with E-state index in [1.54, 1.807) is 11.3 Å². The van der Waals surface area contributed by atoms with Gasteiger partial charge in [-0.2, -0.15) is 0 Å². The Labute approximate surface area is 114 Å². The fourth-order valence-electron chi connectivity index (χ4n) is 1.40. The van der Waals surface area contributed by atoms with Gasteiger partial charge in [-0.1, -0.05) is 23.2 Å². The van der Waals surface area contributed by atoms with Gasteiger partial charge in [0.05, 0.1) is 21.2 Å². The molecule has 3 N–H and O–H groups in total. The first-order valence-corrected chi connectivity index (χ1v) is 6.62. The normalized spacial score (nSPS) is 10.7. The van der Waals surface area contributed by atoms with E-state index in [0.717, 1.165) is 12.1 Å². The maximum Gasteiger partial charge on any atom is 0.0794 e. The molecule has 0 bridgehead atoms. The molecule has 0 unspecified atom stereocenters. The zero-order valence-corrected chi connectivity index (χ0v) is 11.2. The first-order chi connectivity index (χ1) is 8.16. The lowest BCUT2D eigenvalue weighted by atomic mass is 10.2. The van der Waals surface area contributed by atoms with Crippen LogP contribution in [-0.2, 0) is 13.1 Å². The van der Waals surface area contributed by atoms with Crippen LogP contribution in [0.4, 0.5) is 5.69 Å². The monoisotopic (exact) mass is 287 g/mol. The highest BCUT2D eigenvalue weighted by molar-refractivity contribution is 7.09. The number of benzene rings is 1. The molecule has 0 saturated carbocycles. The minimum Gasteiger partial charge on any atom is -0.396 e. The molecular weight excluding hydrogens is 277 g/mol. The quantitative estimate of drug-likeness (QED) is 0.848. The van der Waals surface area contributed by atoms with E-state index >= 15 is 0 Å². The van der Waals surface area contributed by atoms with Gasteiger partial charge in [-0.05, 0) is 17.7 Å². The molecule has 0 saturated heterocycles. The number of aromatic nitrogens is 1. The summed E-state index contributed by atoms with van der Waals surface area (Å²) in [5.41, 5.74) is 8.92. The van der Waals surface area contributed by atoms with E-state index in [1.807, 2.05) is 23.8 Å². The minimum atomic E-state index is 0.430. The zero-order valence-electron chi connectivity index (χ0n) is 8.91. The van der Waals surface area contributed by atoms with Crippen LogP contribution in [0.3, 0.4) is 0 Å². The summed E-state index contributed by atoms with van der Waals surface area (Å²) in [5, 5.41) is 4.28. The van der Waals surface area contributed by atoms with E-state index in [1.165, 1.54) is 4.88 Å². The molecule has 0 spiro atoms. The van der Waals surface area contributed by atoms with Crippen molar-refractivity contribution in [3.05, 3.63) is 44.3 Å². The summed E-state index contributed by atoms with van der Waals surface area (Å²) in [4.78, 5) is 5.20. The molecule has 2 aromatic rings. The summed E-state index contributed by atoms with van der Waals surface area (Å²) in [6, 6.07) is 3.64. The smallest absolute Gasteiger partial charge is 0.0794 e. The number of thiazole rings is 1.